The van der Waals surface area contributed by atoms with E-state index in [1.54, 1.807) is 25.1 Å². The molecule has 0 saturated carbocycles. The number of nitrogens with zero attached hydrogens (tertiary/aromatic N) is 3. The highest BCUT2D eigenvalue weighted by Crippen LogP contribution is 2.40. The van der Waals surface area contributed by atoms with Gasteiger partial charge in [0.25, 0.3) is 5.56 Å². The van der Waals surface area contributed by atoms with Gasteiger partial charge in [0.2, 0.25) is 5.95 Å². The second kappa shape index (κ2) is 7.44. The van der Waals surface area contributed by atoms with E-state index in [0.717, 1.165) is 6.07 Å². The van der Waals surface area contributed by atoms with Crippen LogP contribution in [0.2, 0.25) is 0 Å². The van der Waals surface area contributed by atoms with Gasteiger partial charge in [-0.25, -0.2) is 18.8 Å². The lowest BCUT2D eigenvalue weighted by atomic mass is 9.79. The van der Waals surface area contributed by atoms with Crippen molar-refractivity contribution in [3.8, 4) is 0 Å². The van der Waals surface area contributed by atoms with Gasteiger partial charge >= 0.3 is 0 Å². The molecular weight excluding hydrogens is 393 g/mol. The molecule has 2 aromatic heterocycles. The largest absolute Gasteiger partial charge is 0.364 e. The summed E-state index contributed by atoms with van der Waals surface area (Å²) in [7, 11) is 0. The van der Waals surface area contributed by atoms with Crippen LogP contribution in [0.15, 0.2) is 64.6 Å². The van der Waals surface area contributed by atoms with Gasteiger partial charge < -0.3 is 9.88 Å². The smallest absolute Gasteiger partial charge is 0.286 e. The van der Waals surface area contributed by atoms with E-state index in [2.05, 4.69) is 10.3 Å². The Morgan fingerprint density at radius 1 is 1.10 bits per heavy atom. The van der Waals surface area contributed by atoms with Crippen LogP contribution >= 0.6 is 0 Å². The summed E-state index contributed by atoms with van der Waals surface area (Å²) in [5.74, 6) is -1.54. The van der Waals surface area contributed by atoms with Gasteiger partial charge in [-0.05, 0) is 43.7 Å². The number of benzene rings is 1. The SMILES string of the molecule is CCn1cc(C2=NC(c3ccc(F)cc3)(c3ccc(F)nc3)[C@H](C)N2)cc(F)c1=O. The standard InChI is InChI=1S/C22H19F3N4O/c1-3-29-12-14(10-18(24)21(29)30)20-27-13(2)22(28-20,15-4-7-17(23)8-5-15)16-6-9-19(25)26-11-16/h4-13H,3H2,1-2H3,(H,27,28)/t13-,22?/m0/s1. The Morgan fingerprint density at radius 2 is 1.80 bits per heavy atom. The quantitative estimate of drug-likeness (QED) is 0.669. The topological polar surface area (TPSA) is 59.3 Å². The van der Waals surface area contributed by atoms with E-state index >= 15 is 0 Å². The Bertz CT molecular complexity index is 1120. The third-order valence-electron chi connectivity index (χ3n) is 5.38. The highest BCUT2D eigenvalue weighted by Gasteiger charge is 2.45. The van der Waals surface area contributed by atoms with E-state index in [9.17, 15) is 18.0 Å². The molecule has 154 valence electrons. The van der Waals surface area contributed by atoms with Crippen molar-refractivity contribution in [2.45, 2.75) is 32.0 Å². The lowest BCUT2D eigenvalue weighted by molar-refractivity contribution is 0.449. The fraction of sp³-hybridized carbons (Fsp3) is 0.227. The molecule has 4 rings (SSSR count). The van der Waals surface area contributed by atoms with Gasteiger partial charge in [0.15, 0.2) is 5.82 Å². The summed E-state index contributed by atoms with van der Waals surface area (Å²) in [5, 5.41) is 3.24. The van der Waals surface area contributed by atoms with Gasteiger partial charge in [-0.2, -0.15) is 4.39 Å². The number of aliphatic imine (C=N–C) groups is 1. The van der Waals surface area contributed by atoms with Crippen LogP contribution in [-0.4, -0.2) is 21.4 Å². The van der Waals surface area contributed by atoms with Gasteiger partial charge in [-0.3, -0.25) is 4.79 Å². The molecule has 0 radical (unpaired) electrons. The van der Waals surface area contributed by atoms with E-state index in [-0.39, 0.29) is 6.04 Å². The molecule has 1 unspecified atom stereocenters. The zero-order chi connectivity index (χ0) is 21.5. The van der Waals surface area contributed by atoms with Crippen molar-refractivity contribution < 1.29 is 13.2 Å². The van der Waals surface area contributed by atoms with Gasteiger partial charge in [-0.15, -0.1) is 0 Å². The Balaban J connectivity index is 1.93. The van der Waals surface area contributed by atoms with Crippen LogP contribution < -0.4 is 10.9 Å². The van der Waals surface area contributed by atoms with E-state index in [1.165, 1.54) is 35.2 Å². The predicted octanol–water partition coefficient (Wildman–Crippen LogP) is 3.36. The van der Waals surface area contributed by atoms with Crippen LogP contribution in [-0.2, 0) is 12.1 Å². The first-order valence-corrected chi connectivity index (χ1v) is 9.50. The van der Waals surface area contributed by atoms with Crippen LogP contribution in [0.4, 0.5) is 13.2 Å². The molecule has 0 spiro atoms. The fourth-order valence-corrected chi connectivity index (χ4v) is 3.83. The molecule has 8 heteroatoms. The predicted molar refractivity (Wildman–Crippen MR) is 107 cm³/mol. The minimum atomic E-state index is -1.05. The van der Waals surface area contributed by atoms with Crippen molar-refractivity contribution in [2.75, 3.05) is 0 Å². The molecule has 1 aliphatic heterocycles. The van der Waals surface area contributed by atoms with Gasteiger partial charge in [0, 0.05) is 30.1 Å². The summed E-state index contributed by atoms with van der Waals surface area (Å²) in [5.41, 5.74) is -0.0976. The van der Waals surface area contributed by atoms with Crippen molar-refractivity contribution in [3.05, 3.63) is 99.5 Å². The molecule has 30 heavy (non-hydrogen) atoms. The zero-order valence-electron chi connectivity index (χ0n) is 16.4. The molecule has 5 nitrogen and oxygen atoms in total. The first-order valence-electron chi connectivity index (χ1n) is 9.50. The molecule has 3 aromatic rings. The van der Waals surface area contributed by atoms with Crippen LogP contribution in [0, 0.1) is 17.6 Å². The summed E-state index contributed by atoms with van der Waals surface area (Å²) in [4.78, 5) is 20.5. The number of aryl methyl sites for hydroxylation is 1. The average molecular weight is 412 g/mol. The number of amidine groups is 1. The Kier molecular flexibility index (Phi) is 4.93. The molecule has 1 aromatic carbocycles. The maximum Gasteiger partial charge on any atom is 0.286 e. The summed E-state index contributed by atoms with van der Waals surface area (Å²) in [6.45, 7) is 3.91. The molecule has 3 heterocycles. The van der Waals surface area contributed by atoms with Gasteiger partial charge in [0.05, 0.1) is 6.04 Å². The van der Waals surface area contributed by atoms with Gasteiger partial charge in [0.1, 0.15) is 17.2 Å². The second-order valence-electron chi connectivity index (χ2n) is 7.14. The van der Waals surface area contributed by atoms with Crippen molar-refractivity contribution >= 4 is 5.84 Å². The monoisotopic (exact) mass is 412 g/mol. The van der Waals surface area contributed by atoms with Crippen LogP contribution in [0.3, 0.4) is 0 Å². The van der Waals surface area contributed by atoms with E-state index in [1.807, 2.05) is 6.92 Å². The number of rotatable bonds is 4. The first-order chi connectivity index (χ1) is 14.3. The summed E-state index contributed by atoms with van der Waals surface area (Å²) in [6, 6.07) is 9.46. The minimum absolute atomic E-state index is 0.303. The number of hydrogen-bond acceptors (Lipinski definition) is 4. The van der Waals surface area contributed by atoms with Crippen molar-refractivity contribution in [1.82, 2.24) is 14.9 Å². The van der Waals surface area contributed by atoms with Crippen LogP contribution in [0.1, 0.15) is 30.5 Å². The molecule has 0 saturated heterocycles. The van der Waals surface area contributed by atoms with Crippen LogP contribution in [0.5, 0.6) is 0 Å². The average Bonchev–Trinajstić information content (AvgIpc) is 3.09. The fourth-order valence-electron chi connectivity index (χ4n) is 3.83. The van der Waals surface area contributed by atoms with Crippen molar-refractivity contribution in [3.63, 3.8) is 0 Å². The molecular formula is C22H19F3N4O. The minimum Gasteiger partial charge on any atom is -0.364 e. The Morgan fingerprint density at radius 3 is 2.43 bits per heavy atom. The number of nitrogens with one attached hydrogen (secondary N) is 1. The van der Waals surface area contributed by atoms with Crippen molar-refractivity contribution in [2.24, 2.45) is 4.99 Å². The third kappa shape index (κ3) is 3.18. The number of hydrogen-bond donors (Lipinski definition) is 1. The number of halogens is 3. The van der Waals surface area contributed by atoms with E-state index in [0.29, 0.717) is 29.1 Å². The summed E-state index contributed by atoms with van der Waals surface area (Å²) < 4.78 is 42.5. The molecule has 1 aliphatic rings. The van der Waals surface area contributed by atoms with E-state index < -0.39 is 28.7 Å². The molecule has 0 fully saturated rings. The first kappa shape index (κ1) is 19.9. The summed E-state index contributed by atoms with van der Waals surface area (Å²) in [6.07, 6.45) is 2.92. The Hall–Kier alpha value is -3.42. The second-order valence-corrected chi connectivity index (χ2v) is 7.14. The molecule has 0 aliphatic carbocycles. The van der Waals surface area contributed by atoms with Crippen LogP contribution in [0.25, 0.3) is 0 Å². The highest BCUT2D eigenvalue weighted by molar-refractivity contribution is 6.01. The van der Waals surface area contributed by atoms with E-state index in [4.69, 9.17) is 4.99 Å². The lowest BCUT2D eigenvalue weighted by Gasteiger charge is -2.31. The number of aromatic nitrogens is 2. The van der Waals surface area contributed by atoms with Gasteiger partial charge in [-0.1, -0.05) is 18.2 Å². The summed E-state index contributed by atoms with van der Waals surface area (Å²) >= 11 is 0. The normalized spacial score (nSPS) is 20.7. The molecule has 2 atom stereocenters. The maximum atomic E-state index is 14.2. The number of pyridine rings is 2. The maximum absolute atomic E-state index is 14.2. The zero-order valence-corrected chi connectivity index (χ0v) is 16.4. The lowest BCUT2D eigenvalue weighted by Crippen LogP contribution is -2.41. The molecule has 1 N–H and O–H groups in total. The highest BCUT2D eigenvalue weighted by atomic mass is 19.1. The third-order valence-corrected chi connectivity index (χ3v) is 5.38. The molecule has 0 bridgehead atoms. The van der Waals surface area contributed by atoms with Crippen molar-refractivity contribution in [1.29, 1.82) is 0 Å². The Labute approximate surface area is 170 Å². The molecule has 0 amide bonds.